The second-order valence-corrected chi connectivity index (χ2v) is 6.18. The minimum Gasteiger partial charge on any atom is -0.494 e. The number of methoxy groups -OCH3 is 2. The predicted octanol–water partition coefficient (Wildman–Crippen LogP) is 5.32. The number of ether oxygens (including phenoxy) is 2. The molecule has 1 amide bonds. The Bertz CT molecular complexity index is 1120. The quantitative estimate of drug-likeness (QED) is 0.474. The van der Waals surface area contributed by atoms with Crippen molar-refractivity contribution in [2.45, 2.75) is 0 Å². The first-order chi connectivity index (χ1) is 13.7. The zero-order valence-corrected chi connectivity index (χ0v) is 15.5. The first-order valence-corrected chi connectivity index (χ1v) is 8.77. The van der Waals surface area contributed by atoms with Gasteiger partial charge in [-0.25, -0.2) is 9.78 Å². The normalized spacial score (nSPS) is 10.6. The van der Waals surface area contributed by atoms with E-state index in [9.17, 15) is 4.79 Å². The molecule has 2 N–H and O–H groups in total. The van der Waals surface area contributed by atoms with Crippen LogP contribution in [-0.4, -0.2) is 25.3 Å². The molecule has 6 nitrogen and oxygen atoms in total. The van der Waals surface area contributed by atoms with E-state index in [1.165, 1.54) is 7.11 Å². The molecule has 6 heteroatoms. The zero-order valence-electron chi connectivity index (χ0n) is 15.5. The largest absolute Gasteiger partial charge is 0.494 e. The van der Waals surface area contributed by atoms with E-state index >= 15 is 0 Å². The lowest BCUT2D eigenvalue weighted by Crippen LogP contribution is -2.11. The van der Waals surface area contributed by atoms with Gasteiger partial charge in [0.2, 0.25) is 0 Å². The number of amides is 1. The smallest absolute Gasteiger partial charge is 0.411 e. The van der Waals surface area contributed by atoms with E-state index in [2.05, 4.69) is 15.4 Å². The Labute approximate surface area is 162 Å². The maximum Gasteiger partial charge on any atom is 0.411 e. The summed E-state index contributed by atoms with van der Waals surface area (Å²) in [4.78, 5) is 16.3. The molecular weight excluding hydrogens is 354 g/mol. The Balaban J connectivity index is 1.80. The summed E-state index contributed by atoms with van der Waals surface area (Å²) in [6.45, 7) is 0. The van der Waals surface area contributed by atoms with Gasteiger partial charge in [0.1, 0.15) is 5.75 Å². The monoisotopic (exact) mass is 373 g/mol. The first-order valence-electron chi connectivity index (χ1n) is 8.77. The summed E-state index contributed by atoms with van der Waals surface area (Å²) in [5.74, 6) is 0.526. The summed E-state index contributed by atoms with van der Waals surface area (Å²) in [5, 5.41) is 8.18. The molecule has 1 heterocycles. The third-order valence-electron chi connectivity index (χ3n) is 4.48. The maximum absolute atomic E-state index is 11.5. The van der Waals surface area contributed by atoms with Crippen LogP contribution in [0.3, 0.4) is 0 Å². The maximum atomic E-state index is 11.5. The van der Waals surface area contributed by atoms with Gasteiger partial charge < -0.3 is 14.8 Å². The lowest BCUT2D eigenvalue weighted by Gasteiger charge is -2.15. The van der Waals surface area contributed by atoms with Crippen LogP contribution in [0.4, 0.5) is 21.9 Å². The lowest BCUT2D eigenvalue weighted by atomic mass is 10.1. The fraction of sp³-hybridized carbons (Fsp3) is 0.0909. The number of benzene rings is 3. The summed E-state index contributed by atoms with van der Waals surface area (Å²) in [6.07, 6.45) is -0.551. The molecule has 0 aliphatic heterocycles. The van der Waals surface area contributed by atoms with Crippen LogP contribution in [0, 0.1) is 0 Å². The number of anilines is 3. The van der Waals surface area contributed by atoms with Gasteiger partial charge >= 0.3 is 6.09 Å². The second kappa shape index (κ2) is 7.44. The predicted molar refractivity (Wildman–Crippen MR) is 112 cm³/mol. The lowest BCUT2D eigenvalue weighted by molar-refractivity contribution is 0.187. The number of nitrogens with zero attached hydrogens (tertiary/aromatic N) is 1. The topological polar surface area (TPSA) is 72.5 Å². The van der Waals surface area contributed by atoms with Gasteiger partial charge in [-0.1, -0.05) is 36.4 Å². The molecule has 140 valence electrons. The molecular formula is C22H19N3O3. The third kappa shape index (κ3) is 3.27. The van der Waals surface area contributed by atoms with Crippen LogP contribution in [-0.2, 0) is 4.74 Å². The number of nitrogens with one attached hydrogen (secondary N) is 2. The summed E-state index contributed by atoms with van der Waals surface area (Å²) in [6, 6.07) is 21.5. The van der Waals surface area contributed by atoms with Gasteiger partial charge in [-0.2, -0.15) is 0 Å². The molecule has 0 aliphatic carbocycles. The molecule has 4 rings (SSSR count). The number of hydrogen-bond acceptors (Lipinski definition) is 5. The number of pyridine rings is 1. The van der Waals surface area contributed by atoms with E-state index in [1.807, 2.05) is 60.7 Å². The van der Waals surface area contributed by atoms with Gasteiger partial charge in [0.25, 0.3) is 0 Å². The Hall–Kier alpha value is -3.80. The van der Waals surface area contributed by atoms with E-state index in [1.54, 1.807) is 13.2 Å². The van der Waals surface area contributed by atoms with Gasteiger partial charge in [-0.3, -0.25) is 5.32 Å². The number of aromatic nitrogens is 1. The average molecular weight is 373 g/mol. The molecule has 0 radical (unpaired) electrons. The summed E-state index contributed by atoms with van der Waals surface area (Å²) < 4.78 is 10.1. The molecule has 4 aromatic rings. The van der Waals surface area contributed by atoms with Gasteiger partial charge in [-0.15, -0.1) is 0 Å². The Morgan fingerprint density at radius 1 is 0.893 bits per heavy atom. The Morgan fingerprint density at radius 2 is 1.54 bits per heavy atom. The fourth-order valence-corrected chi connectivity index (χ4v) is 3.15. The number of carbonyl (C=O) groups excluding carboxylic acids is 1. The van der Waals surface area contributed by atoms with Crippen molar-refractivity contribution in [2.24, 2.45) is 0 Å². The minimum absolute atomic E-state index is 0.526. The molecule has 0 atom stereocenters. The highest BCUT2D eigenvalue weighted by atomic mass is 16.5. The van der Waals surface area contributed by atoms with Gasteiger partial charge in [0.05, 0.1) is 36.6 Å². The minimum atomic E-state index is -0.551. The molecule has 0 fully saturated rings. The fourth-order valence-electron chi connectivity index (χ4n) is 3.15. The van der Waals surface area contributed by atoms with E-state index in [-0.39, 0.29) is 0 Å². The highest BCUT2D eigenvalue weighted by Crippen LogP contribution is 2.35. The molecule has 3 aromatic carbocycles. The highest BCUT2D eigenvalue weighted by Gasteiger charge is 2.12. The molecule has 0 unspecified atom stereocenters. The van der Waals surface area contributed by atoms with Crippen molar-refractivity contribution < 1.29 is 14.3 Å². The molecule has 28 heavy (non-hydrogen) atoms. The van der Waals surface area contributed by atoms with Crippen LogP contribution < -0.4 is 15.4 Å². The number of fused-ring (bicyclic) bond motifs is 2. The second-order valence-electron chi connectivity index (χ2n) is 6.18. The summed E-state index contributed by atoms with van der Waals surface area (Å²) in [7, 11) is 2.87. The van der Waals surface area contributed by atoms with E-state index < -0.39 is 6.09 Å². The van der Waals surface area contributed by atoms with E-state index in [0.29, 0.717) is 11.4 Å². The van der Waals surface area contributed by atoms with Crippen LogP contribution in [0.1, 0.15) is 0 Å². The van der Waals surface area contributed by atoms with Crippen molar-refractivity contribution in [2.75, 3.05) is 24.9 Å². The Kier molecular flexibility index (Phi) is 4.68. The number of para-hydroxylation sites is 2. The molecule has 0 spiro atoms. The SMILES string of the molecule is COC(=O)Nc1ccc(Nc2c3ccccc3nc3ccccc23)cc1OC. The van der Waals surface area contributed by atoms with Crippen molar-refractivity contribution in [3.05, 3.63) is 66.7 Å². The van der Waals surface area contributed by atoms with Crippen LogP contribution in [0.25, 0.3) is 21.8 Å². The average Bonchev–Trinajstić information content (AvgIpc) is 2.74. The van der Waals surface area contributed by atoms with Gasteiger partial charge in [-0.05, 0) is 24.3 Å². The summed E-state index contributed by atoms with van der Waals surface area (Å²) in [5.41, 5.74) is 4.16. The standard InChI is InChI=1S/C22H19N3O3/c1-27-20-13-14(11-12-19(20)25-22(26)28-2)23-21-15-7-3-5-9-17(15)24-18-10-6-4-8-16(18)21/h3-13H,1-2H3,(H,23,24)(H,25,26). The van der Waals surface area contributed by atoms with Crippen molar-refractivity contribution in [1.82, 2.24) is 4.98 Å². The first kappa shape index (κ1) is 17.6. The van der Waals surface area contributed by atoms with Crippen LogP contribution >= 0.6 is 0 Å². The zero-order chi connectivity index (χ0) is 19.5. The third-order valence-corrected chi connectivity index (χ3v) is 4.48. The Morgan fingerprint density at radius 3 is 2.14 bits per heavy atom. The highest BCUT2D eigenvalue weighted by molar-refractivity contribution is 6.08. The van der Waals surface area contributed by atoms with Crippen molar-refractivity contribution in [1.29, 1.82) is 0 Å². The summed E-state index contributed by atoms with van der Waals surface area (Å²) >= 11 is 0. The van der Waals surface area contributed by atoms with Crippen molar-refractivity contribution in [3.63, 3.8) is 0 Å². The van der Waals surface area contributed by atoms with Crippen molar-refractivity contribution >= 4 is 45.0 Å². The van der Waals surface area contributed by atoms with E-state index in [4.69, 9.17) is 9.72 Å². The van der Waals surface area contributed by atoms with E-state index in [0.717, 1.165) is 33.2 Å². The van der Waals surface area contributed by atoms with Gasteiger partial charge in [0, 0.05) is 22.5 Å². The molecule has 0 bridgehead atoms. The van der Waals surface area contributed by atoms with Crippen LogP contribution in [0.15, 0.2) is 66.7 Å². The number of rotatable bonds is 4. The number of carbonyl (C=O) groups is 1. The van der Waals surface area contributed by atoms with Gasteiger partial charge in [0.15, 0.2) is 0 Å². The molecule has 1 aromatic heterocycles. The molecule has 0 aliphatic rings. The number of hydrogen-bond donors (Lipinski definition) is 2. The molecule has 0 saturated carbocycles. The molecule has 0 saturated heterocycles. The van der Waals surface area contributed by atoms with Crippen LogP contribution in [0.5, 0.6) is 5.75 Å². The van der Waals surface area contributed by atoms with Crippen LogP contribution in [0.2, 0.25) is 0 Å². The van der Waals surface area contributed by atoms with Crippen molar-refractivity contribution in [3.8, 4) is 5.75 Å².